The van der Waals surface area contributed by atoms with E-state index >= 15 is 0 Å². The molecule has 0 aromatic carbocycles. The summed E-state index contributed by atoms with van der Waals surface area (Å²) in [6.45, 7) is 4.39. The Morgan fingerprint density at radius 3 is 2.71 bits per heavy atom. The highest BCUT2D eigenvalue weighted by Gasteiger charge is 2.58. The van der Waals surface area contributed by atoms with Crippen LogP contribution in [-0.4, -0.2) is 37.0 Å². The molecule has 2 unspecified atom stereocenters. The molecule has 2 N–H and O–H groups in total. The van der Waals surface area contributed by atoms with Crippen LogP contribution < -0.4 is 5.32 Å². The van der Waals surface area contributed by atoms with Crippen LogP contribution in [0.2, 0.25) is 0 Å². The summed E-state index contributed by atoms with van der Waals surface area (Å²) in [5.41, 5.74) is 0.493. The molecule has 100 valence electrons. The van der Waals surface area contributed by atoms with Crippen molar-refractivity contribution in [3.05, 3.63) is 0 Å². The van der Waals surface area contributed by atoms with Gasteiger partial charge in [0, 0.05) is 24.7 Å². The van der Waals surface area contributed by atoms with Gasteiger partial charge < -0.3 is 15.2 Å². The number of aliphatic hydroxyl groups excluding tert-OH is 1. The van der Waals surface area contributed by atoms with E-state index in [-0.39, 0.29) is 0 Å². The number of unbranched alkanes of at least 4 members (excludes halogenated alkanes) is 2. The molecule has 2 saturated carbocycles. The minimum absolute atomic E-state index is 0.333. The van der Waals surface area contributed by atoms with Crippen molar-refractivity contribution < 1.29 is 9.84 Å². The monoisotopic (exact) mass is 241 g/mol. The highest BCUT2D eigenvalue weighted by Crippen LogP contribution is 2.57. The van der Waals surface area contributed by atoms with E-state index < -0.39 is 0 Å². The molecule has 0 aromatic rings. The van der Waals surface area contributed by atoms with E-state index in [0.29, 0.717) is 24.2 Å². The largest absolute Gasteiger partial charge is 0.396 e. The van der Waals surface area contributed by atoms with Crippen LogP contribution in [0.1, 0.15) is 51.9 Å². The van der Waals surface area contributed by atoms with Gasteiger partial charge in [-0.3, -0.25) is 0 Å². The molecule has 0 bridgehead atoms. The molecule has 2 atom stereocenters. The molecule has 0 aromatic heterocycles. The van der Waals surface area contributed by atoms with E-state index in [0.717, 1.165) is 26.0 Å². The van der Waals surface area contributed by atoms with Crippen LogP contribution in [0.15, 0.2) is 0 Å². The van der Waals surface area contributed by atoms with E-state index in [9.17, 15) is 0 Å². The Hall–Kier alpha value is -0.120. The number of hydrogen-bond acceptors (Lipinski definition) is 3. The Morgan fingerprint density at radius 1 is 1.29 bits per heavy atom. The van der Waals surface area contributed by atoms with E-state index in [1.165, 1.54) is 32.1 Å². The zero-order valence-electron chi connectivity index (χ0n) is 11.1. The summed E-state index contributed by atoms with van der Waals surface area (Å²) in [5, 5.41) is 12.4. The van der Waals surface area contributed by atoms with Gasteiger partial charge in [0.25, 0.3) is 0 Å². The smallest absolute Gasteiger partial charge is 0.0661 e. The molecule has 0 radical (unpaired) electrons. The van der Waals surface area contributed by atoms with Crippen LogP contribution in [0.4, 0.5) is 0 Å². The molecule has 0 heterocycles. The summed E-state index contributed by atoms with van der Waals surface area (Å²) in [4.78, 5) is 0. The minimum atomic E-state index is 0.333. The number of rotatable bonds is 8. The highest BCUT2D eigenvalue weighted by atomic mass is 16.5. The summed E-state index contributed by atoms with van der Waals surface area (Å²) in [5.74, 6) is 0. The third kappa shape index (κ3) is 2.67. The third-order valence-corrected chi connectivity index (χ3v) is 4.66. The van der Waals surface area contributed by atoms with Crippen LogP contribution in [0.3, 0.4) is 0 Å². The highest BCUT2D eigenvalue weighted by molar-refractivity contribution is 5.11. The van der Waals surface area contributed by atoms with E-state index in [4.69, 9.17) is 9.84 Å². The average Bonchev–Trinajstić information content (AvgIpc) is 2.23. The topological polar surface area (TPSA) is 41.5 Å². The fourth-order valence-corrected chi connectivity index (χ4v) is 3.41. The zero-order chi connectivity index (χ0) is 12.1. The van der Waals surface area contributed by atoms with E-state index in [1.807, 2.05) is 0 Å². The Balaban J connectivity index is 1.65. The molecule has 2 fully saturated rings. The molecule has 2 rings (SSSR count). The molecule has 0 amide bonds. The van der Waals surface area contributed by atoms with Gasteiger partial charge in [0.2, 0.25) is 0 Å². The molecule has 2 aliphatic rings. The van der Waals surface area contributed by atoms with Crippen molar-refractivity contribution in [2.24, 2.45) is 5.41 Å². The van der Waals surface area contributed by atoms with Gasteiger partial charge in [-0.25, -0.2) is 0 Å². The lowest BCUT2D eigenvalue weighted by molar-refractivity contribution is -0.172. The predicted octanol–water partition coefficient (Wildman–Crippen LogP) is 2.09. The van der Waals surface area contributed by atoms with Gasteiger partial charge in [-0.15, -0.1) is 0 Å². The standard InChI is InChI=1S/C14H27NO2/c1-2-17-13-11-12(14(13)7-6-8-14)15-9-4-3-5-10-16/h12-13,15-16H,2-11H2,1H3. The van der Waals surface area contributed by atoms with Crippen molar-refractivity contribution in [3.63, 3.8) is 0 Å². The fourth-order valence-electron chi connectivity index (χ4n) is 3.41. The van der Waals surface area contributed by atoms with Gasteiger partial charge in [-0.05, 0) is 52.0 Å². The second-order valence-electron chi connectivity index (χ2n) is 5.56. The van der Waals surface area contributed by atoms with Crippen molar-refractivity contribution in [1.29, 1.82) is 0 Å². The number of nitrogens with one attached hydrogen (secondary N) is 1. The molecule has 17 heavy (non-hydrogen) atoms. The van der Waals surface area contributed by atoms with Crippen molar-refractivity contribution in [1.82, 2.24) is 5.32 Å². The van der Waals surface area contributed by atoms with Crippen molar-refractivity contribution in [2.75, 3.05) is 19.8 Å². The first-order valence-corrected chi connectivity index (χ1v) is 7.29. The van der Waals surface area contributed by atoms with E-state index in [1.54, 1.807) is 0 Å². The maximum atomic E-state index is 8.72. The first-order chi connectivity index (χ1) is 8.33. The molecular weight excluding hydrogens is 214 g/mol. The fraction of sp³-hybridized carbons (Fsp3) is 1.00. The normalized spacial score (nSPS) is 30.0. The van der Waals surface area contributed by atoms with Gasteiger partial charge in [0.1, 0.15) is 0 Å². The average molecular weight is 241 g/mol. The van der Waals surface area contributed by atoms with Crippen molar-refractivity contribution in [2.45, 2.75) is 64.0 Å². The molecule has 3 nitrogen and oxygen atoms in total. The van der Waals surface area contributed by atoms with Gasteiger partial charge in [0.05, 0.1) is 6.10 Å². The number of ether oxygens (including phenoxy) is 1. The lowest BCUT2D eigenvalue weighted by Crippen LogP contribution is -2.66. The Morgan fingerprint density at radius 2 is 2.12 bits per heavy atom. The van der Waals surface area contributed by atoms with Crippen LogP contribution in [0.5, 0.6) is 0 Å². The summed E-state index contributed by atoms with van der Waals surface area (Å²) >= 11 is 0. The molecular formula is C14H27NO2. The first kappa shape index (κ1) is 13.3. The van der Waals surface area contributed by atoms with Gasteiger partial charge in [0.15, 0.2) is 0 Å². The van der Waals surface area contributed by atoms with Crippen molar-refractivity contribution in [3.8, 4) is 0 Å². The lowest BCUT2D eigenvalue weighted by atomic mass is 9.51. The van der Waals surface area contributed by atoms with Crippen LogP contribution in [0.25, 0.3) is 0 Å². The summed E-state index contributed by atoms with van der Waals surface area (Å²) < 4.78 is 5.84. The molecule has 3 heteroatoms. The van der Waals surface area contributed by atoms with Gasteiger partial charge >= 0.3 is 0 Å². The van der Waals surface area contributed by atoms with Crippen molar-refractivity contribution >= 4 is 0 Å². The Labute approximate surface area is 105 Å². The Bertz CT molecular complexity index is 228. The minimum Gasteiger partial charge on any atom is -0.396 e. The summed E-state index contributed by atoms with van der Waals surface area (Å²) in [7, 11) is 0. The third-order valence-electron chi connectivity index (χ3n) is 4.66. The molecule has 2 aliphatic carbocycles. The summed E-state index contributed by atoms with van der Waals surface area (Å²) in [6, 6.07) is 0.696. The van der Waals surface area contributed by atoms with Crippen LogP contribution in [-0.2, 0) is 4.74 Å². The number of aliphatic hydroxyl groups is 1. The predicted molar refractivity (Wildman–Crippen MR) is 69.0 cm³/mol. The molecule has 0 aliphatic heterocycles. The van der Waals surface area contributed by atoms with Crippen LogP contribution in [0, 0.1) is 5.41 Å². The van der Waals surface area contributed by atoms with Gasteiger partial charge in [-0.2, -0.15) is 0 Å². The van der Waals surface area contributed by atoms with Crippen LogP contribution >= 0.6 is 0 Å². The summed E-state index contributed by atoms with van der Waals surface area (Å²) in [6.07, 6.45) is 9.08. The second-order valence-corrected chi connectivity index (χ2v) is 5.56. The molecule has 1 spiro atoms. The maximum Gasteiger partial charge on any atom is 0.0661 e. The van der Waals surface area contributed by atoms with Gasteiger partial charge in [-0.1, -0.05) is 6.42 Å². The second kappa shape index (κ2) is 6.17. The Kier molecular flexibility index (Phi) is 4.83. The quantitative estimate of drug-likeness (QED) is 0.639. The SMILES string of the molecule is CCOC1CC(NCCCCCO)C12CCC2. The zero-order valence-corrected chi connectivity index (χ0v) is 11.1. The first-order valence-electron chi connectivity index (χ1n) is 7.29. The molecule has 0 saturated heterocycles. The maximum absolute atomic E-state index is 8.72. The number of hydrogen-bond donors (Lipinski definition) is 2. The van der Waals surface area contributed by atoms with E-state index in [2.05, 4.69) is 12.2 Å². The lowest BCUT2D eigenvalue weighted by Gasteiger charge is -2.61.